The zero-order valence-corrected chi connectivity index (χ0v) is 13.9. The Labute approximate surface area is 146 Å². The molecule has 25 heavy (non-hydrogen) atoms. The zero-order valence-electron chi connectivity index (χ0n) is 13.9. The Morgan fingerprint density at radius 1 is 0.960 bits per heavy atom. The molecule has 1 saturated heterocycles. The molecule has 1 fully saturated rings. The molecule has 6 heteroatoms. The highest BCUT2D eigenvalue weighted by molar-refractivity contribution is 5.65. The molecule has 1 aliphatic heterocycles. The van der Waals surface area contributed by atoms with E-state index in [2.05, 4.69) is 20.6 Å². The van der Waals surface area contributed by atoms with Gasteiger partial charge in [-0.3, -0.25) is 9.97 Å². The number of rotatable bonds is 4. The van der Waals surface area contributed by atoms with Crippen LogP contribution in [0, 0.1) is 0 Å². The molecular weight excluding hydrogens is 312 g/mol. The summed E-state index contributed by atoms with van der Waals surface area (Å²) in [5.74, 6) is 1.49. The standard InChI is InChI=1S/C19H20N6/c1-2-9-22-16(5-1)17-12-18(23-15-6-10-20-11-7-15)25-19(24-17)14-4-3-8-21-13-14/h1-5,8-9,12-13,15,20H,6-7,10-11H2,(H,23,24,25). The third-order valence-electron chi connectivity index (χ3n) is 4.26. The SMILES string of the molecule is c1ccc(-c2cc(NC3CCNCC3)nc(-c3cccnc3)n2)nc1. The molecule has 0 saturated carbocycles. The molecule has 0 radical (unpaired) electrons. The van der Waals surface area contributed by atoms with E-state index in [0.29, 0.717) is 11.9 Å². The normalized spacial score (nSPS) is 15.0. The Hall–Kier alpha value is -2.86. The lowest BCUT2D eigenvalue weighted by Crippen LogP contribution is -2.35. The Kier molecular flexibility index (Phi) is 4.61. The van der Waals surface area contributed by atoms with Gasteiger partial charge in [0.05, 0.1) is 11.4 Å². The number of hydrogen-bond acceptors (Lipinski definition) is 6. The van der Waals surface area contributed by atoms with Gasteiger partial charge in [0.15, 0.2) is 5.82 Å². The highest BCUT2D eigenvalue weighted by atomic mass is 15.1. The van der Waals surface area contributed by atoms with Crippen LogP contribution >= 0.6 is 0 Å². The molecule has 0 amide bonds. The van der Waals surface area contributed by atoms with Crippen molar-refractivity contribution in [3.63, 3.8) is 0 Å². The highest BCUT2D eigenvalue weighted by Crippen LogP contribution is 2.23. The summed E-state index contributed by atoms with van der Waals surface area (Å²) >= 11 is 0. The lowest BCUT2D eigenvalue weighted by molar-refractivity contribution is 0.478. The van der Waals surface area contributed by atoms with Crippen molar-refractivity contribution >= 4 is 5.82 Å². The summed E-state index contributed by atoms with van der Waals surface area (Å²) in [5, 5.41) is 6.95. The number of hydrogen-bond donors (Lipinski definition) is 2. The predicted molar refractivity (Wildman–Crippen MR) is 98.0 cm³/mol. The fourth-order valence-electron chi connectivity index (χ4n) is 2.97. The Morgan fingerprint density at radius 3 is 2.64 bits per heavy atom. The fraction of sp³-hybridized carbons (Fsp3) is 0.263. The monoisotopic (exact) mass is 332 g/mol. The van der Waals surface area contributed by atoms with Gasteiger partial charge < -0.3 is 10.6 Å². The van der Waals surface area contributed by atoms with Crippen LogP contribution in [0.2, 0.25) is 0 Å². The average molecular weight is 332 g/mol. The maximum atomic E-state index is 4.71. The van der Waals surface area contributed by atoms with Crippen molar-refractivity contribution in [2.24, 2.45) is 0 Å². The van der Waals surface area contributed by atoms with E-state index in [-0.39, 0.29) is 0 Å². The third-order valence-corrected chi connectivity index (χ3v) is 4.26. The van der Waals surface area contributed by atoms with Crippen molar-refractivity contribution in [2.45, 2.75) is 18.9 Å². The molecular formula is C19H20N6. The van der Waals surface area contributed by atoms with Crippen molar-refractivity contribution in [1.82, 2.24) is 25.3 Å². The second-order valence-corrected chi connectivity index (χ2v) is 6.09. The summed E-state index contributed by atoms with van der Waals surface area (Å²) < 4.78 is 0. The van der Waals surface area contributed by atoms with E-state index in [9.17, 15) is 0 Å². The van der Waals surface area contributed by atoms with Gasteiger partial charge >= 0.3 is 0 Å². The first-order valence-corrected chi connectivity index (χ1v) is 8.56. The van der Waals surface area contributed by atoms with Crippen LogP contribution in [0.4, 0.5) is 5.82 Å². The topological polar surface area (TPSA) is 75.6 Å². The van der Waals surface area contributed by atoms with Gasteiger partial charge in [-0.05, 0) is 50.2 Å². The average Bonchev–Trinajstić information content (AvgIpc) is 2.70. The Morgan fingerprint density at radius 2 is 1.88 bits per heavy atom. The van der Waals surface area contributed by atoms with Gasteiger partial charge in [0.1, 0.15) is 5.82 Å². The lowest BCUT2D eigenvalue weighted by Gasteiger charge is -2.24. The predicted octanol–water partition coefficient (Wildman–Crippen LogP) is 2.76. The second-order valence-electron chi connectivity index (χ2n) is 6.09. The molecule has 4 heterocycles. The molecule has 0 unspecified atom stereocenters. The van der Waals surface area contributed by atoms with Crippen LogP contribution in [0.3, 0.4) is 0 Å². The summed E-state index contributed by atoms with van der Waals surface area (Å²) in [6, 6.07) is 12.1. The first kappa shape index (κ1) is 15.7. The third kappa shape index (κ3) is 3.80. The van der Waals surface area contributed by atoms with E-state index in [1.165, 1.54) is 0 Å². The van der Waals surface area contributed by atoms with Gasteiger partial charge in [-0.1, -0.05) is 6.07 Å². The first-order chi connectivity index (χ1) is 12.4. The molecule has 0 spiro atoms. The zero-order chi connectivity index (χ0) is 16.9. The van der Waals surface area contributed by atoms with Crippen LogP contribution in [0.1, 0.15) is 12.8 Å². The van der Waals surface area contributed by atoms with E-state index < -0.39 is 0 Å². The maximum absolute atomic E-state index is 4.71. The summed E-state index contributed by atoms with van der Waals surface area (Å²) in [4.78, 5) is 18.0. The van der Waals surface area contributed by atoms with Crippen LogP contribution in [-0.2, 0) is 0 Å². The number of nitrogens with zero attached hydrogens (tertiary/aromatic N) is 4. The highest BCUT2D eigenvalue weighted by Gasteiger charge is 2.15. The van der Waals surface area contributed by atoms with Crippen LogP contribution < -0.4 is 10.6 Å². The number of anilines is 1. The number of aromatic nitrogens is 4. The summed E-state index contributed by atoms with van der Waals surface area (Å²) in [6.45, 7) is 2.07. The molecule has 3 aromatic heterocycles. The molecule has 0 bridgehead atoms. The van der Waals surface area contributed by atoms with Gasteiger partial charge in [0.2, 0.25) is 0 Å². The summed E-state index contributed by atoms with van der Waals surface area (Å²) in [5.41, 5.74) is 2.54. The summed E-state index contributed by atoms with van der Waals surface area (Å²) in [6.07, 6.45) is 7.49. The van der Waals surface area contributed by atoms with Gasteiger partial charge in [-0.2, -0.15) is 0 Å². The van der Waals surface area contributed by atoms with Crippen molar-refractivity contribution in [1.29, 1.82) is 0 Å². The van der Waals surface area contributed by atoms with Crippen molar-refractivity contribution in [2.75, 3.05) is 18.4 Å². The van der Waals surface area contributed by atoms with Crippen LogP contribution in [0.25, 0.3) is 22.8 Å². The van der Waals surface area contributed by atoms with Gasteiger partial charge in [0, 0.05) is 36.3 Å². The number of piperidine rings is 1. The molecule has 3 aromatic rings. The number of pyridine rings is 2. The van der Waals surface area contributed by atoms with Crippen molar-refractivity contribution in [3.05, 3.63) is 55.0 Å². The van der Waals surface area contributed by atoms with E-state index in [4.69, 9.17) is 9.97 Å². The van der Waals surface area contributed by atoms with Gasteiger partial charge in [-0.25, -0.2) is 9.97 Å². The maximum Gasteiger partial charge on any atom is 0.163 e. The minimum absolute atomic E-state index is 0.425. The molecule has 0 aliphatic carbocycles. The molecule has 6 nitrogen and oxygen atoms in total. The Bertz CT molecular complexity index is 758. The number of nitrogens with one attached hydrogen (secondary N) is 2. The summed E-state index contributed by atoms with van der Waals surface area (Å²) in [7, 11) is 0. The molecule has 126 valence electrons. The molecule has 1 aliphatic rings. The van der Waals surface area contributed by atoms with E-state index in [0.717, 1.165) is 48.7 Å². The van der Waals surface area contributed by atoms with Crippen LogP contribution in [0.15, 0.2) is 55.0 Å². The lowest BCUT2D eigenvalue weighted by atomic mass is 10.1. The largest absolute Gasteiger partial charge is 0.367 e. The molecule has 4 rings (SSSR count). The fourth-order valence-corrected chi connectivity index (χ4v) is 2.97. The first-order valence-electron chi connectivity index (χ1n) is 8.56. The minimum atomic E-state index is 0.425. The molecule has 0 atom stereocenters. The smallest absolute Gasteiger partial charge is 0.163 e. The molecule has 2 N–H and O–H groups in total. The van der Waals surface area contributed by atoms with Crippen molar-refractivity contribution < 1.29 is 0 Å². The minimum Gasteiger partial charge on any atom is -0.367 e. The van der Waals surface area contributed by atoms with E-state index in [1.807, 2.05) is 36.4 Å². The second kappa shape index (κ2) is 7.36. The Balaban J connectivity index is 1.72. The molecule has 0 aromatic carbocycles. The van der Waals surface area contributed by atoms with Crippen molar-refractivity contribution in [3.8, 4) is 22.8 Å². The van der Waals surface area contributed by atoms with Gasteiger partial charge in [-0.15, -0.1) is 0 Å². The van der Waals surface area contributed by atoms with E-state index >= 15 is 0 Å². The quantitative estimate of drug-likeness (QED) is 0.765. The van der Waals surface area contributed by atoms with Crippen LogP contribution in [0.5, 0.6) is 0 Å². The van der Waals surface area contributed by atoms with Crippen LogP contribution in [-0.4, -0.2) is 39.1 Å². The van der Waals surface area contributed by atoms with E-state index in [1.54, 1.807) is 18.6 Å². The van der Waals surface area contributed by atoms with Gasteiger partial charge in [0.25, 0.3) is 0 Å².